The van der Waals surface area contributed by atoms with Crippen molar-refractivity contribution in [1.82, 2.24) is 9.80 Å². The number of nitrogens with zero attached hydrogens (tertiary/aromatic N) is 2. The third-order valence-electron chi connectivity index (χ3n) is 7.94. The molecule has 7 rings (SSSR count). The zero-order chi connectivity index (χ0) is 29.0. The highest BCUT2D eigenvalue weighted by molar-refractivity contribution is 6.35. The second-order valence-electron chi connectivity index (χ2n) is 10.3. The molecular formula is C35H24N2O5. The smallest absolute Gasteiger partial charge is 0.262 e. The topological polar surface area (TPSA) is 84.0 Å². The molecular weight excluding hydrogens is 528 g/mol. The second-order valence-corrected chi connectivity index (χ2v) is 10.3. The molecule has 204 valence electrons. The summed E-state index contributed by atoms with van der Waals surface area (Å²) >= 11 is 0. The number of ether oxygens (including phenoxy) is 1. The van der Waals surface area contributed by atoms with E-state index in [1.165, 1.54) is 9.80 Å². The number of amides is 4. The maximum Gasteiger partial charge on any atom is 0.262 e. The Morgan fingerprint density at radius 1 is 0.524 bits per heavy atom. The molecule has 0 aliphatic carbocycles. The standard InChI is InChI=1S/C35H24N2O5/c1-42-24-14-12-23(13-15-24)27-18-28-29-25(32(38)36(34(28)40)19-21-8-4-2-5-9-21)16-17-26-30(29)31(27)35(41)37(33(26)39)20-22-10-6-3-7-11-22/h2-18H,19-20H2,1H3. The number of rotatable bonds is 6. The number of imide groups is 2. The number of hydrogen-bond donors (Lipinski definition) is 0. The van der Waals surface area contributed by atoms with Crippen LogP contribution in [0.15, 0.2) is 103 Å². The SMILES string of the molecule is COc1ccc(-c2cc3c4c(ccc5c4c2C(=O)N(Cc2ccccc2)C5=O)C(=O)N(Cc2ccccc2)C3=O)cc1. The normalized spacial score (nSPS) is 14.1. The van der Waals surface area contributed by atoms with E-state index in [1.54, 1.807) is 37.4 Å². The Bertz CT molecular complexity index is 1930. The summed E-state index contributed by atoms with van der Waals surface area (Å²) in [5, 5.41) is 0.691. The molecule has 0 aromatic heterocycles. The molecule has 7 heteroatoms. The first-order chi connectivity index (χ1) is 20.5. The summed E-state index contributed by atoms with van der Waals surface area (Å²) < 4.78 is 5.33. The van der Waals surface area contributed by atoms with Crippen LogP contribution in [0.25, 0.3) is 21.9 Å². The van der Waals surface area contributed by atoms with E-state index in [9.17, 15) is 19.2 Å². The fourth-order valence-electron chi connectivity index (χ4n) is 5.89. The van der Waals surface area contributed by atoms with Crippen LogP contribution in [-0.4, -0.2) is 40.5 Å². The lowest BCUT2D eigenvalue weighted by atomic mass is 9.81. The molecule has 0 fully saturated rings. The van der Waals surface area contributed by atoms with Crippen LogP contribution in [0.4, 0.5) is 0 Å². The molecule has 0 radical (unpaired) electrons. The van der Waals surface area contributed by atoms with Crippen LogP contribution in [0.3, 0.4) is 0 Å². The molecule has 0 N–H and O–H groups in total. The molecule has 0 saturated heterocycles. The van der Waals surface area contributed by atoms with Crippen molar-refractivity contribution in [2.45, 2.75) is 13.1 Å². The summed E-state index contributed by atoms with van der Waals surface area (Å²) in [5.41, 5.74) is 3.96. The van der Waals surface area contributed by atoms with E-state index in [0.29, 0.717) is 38.8 Å². The van der Waals surface area contributed by atoms with Crippen LogP contribution in [0, 0.1) is 0 Å². The Morgan fingerprint density at radius 2 is 1.02 bits per heavy atom. The van der Waals surface area contributed by atoms with Crippen molar-refractivity contribution >= 4 is 34.4 Å². The molecule has 0 atom stereocenters. The quantitative estimate of drug-likeness (QED) is 0.238. The van der Waals surface area contributed by atoms with E-state index in [0.717, 1.165) is 11.1 Å². The average Bonchev–Trinajstić information content (AvgIpc) is 3.03. The molecule has 7 nitrogen and oxygen atoms in total. The van der Waals surface area contributed by atoms with Gasteiger partial charge in [-0.1, -0.05) is 72.8 Å². The van der Waals surface area contributed by atoms with Gasteiger partial charge in [-0.05, 0) is 52.6 Å². The Balaban J connectivity index is 1.46. The van der Waals surface area contributed by atoms with Crippen molar-refractivity contribution in [3.63, 3.8) is 0 Å². The zero-order valence-electron chi connectivity index (χ0n) is 22.7. The largest absolute Gasteiger partial charge is 0.497 e. The summed E-state index contributed by atoms with van der Waals surface area (Å²) in [5.74, 6) is -1.23. The van der Waals surface area contributed by atoms with Gasteiger partial charge in [0.05, 0.1) is 25.8 Å². The Labute approximate surface area is 241 Å². The zero-order valence-corrected chi connectivity index (χ0v) is 22.7. The van der Waals surface area contributed by atoms with Crippen LogP contribution in [-0.2, 0) is 13.1 Å². The molecule has 4 amide bonds. The number of benzene rings is 5. The molecule has 0 bridgehead atoms. The highest BCUT2D eigenvalue weighted by Gasteiger charge is 2.41. The first kappa shape index (κ1) is 25.4. The van der Waals surface area contributed by atoms with Crippen LogP contribution in [0.5, 0.6) is 5.75 Å². The van der Waals surface area contributed by atoms with Crippen LogP contribution in [0.2, 0.25) is 0 Å². The van der Waals surface area contributed by atoms with E-state index in [1.807, 2.05) is 72.8 Å². The maximum absolute atomic E-state index is 14.2. The predicted octanol–water partition coefficient (Wildman–Crippen LogP) is 6.11. The van der Waals surface area contributed by atoms with Gasteiger partial charge in [-0.2, -0.15) is 0 Å². The predicted molar refractivity (Wildman–Crippen MR) is 157 cm³/mol. The first-order valence-corrected chi connectivity index (χ1v) is 13.5. The van der Waals surface area contributed by atoms with Crippen molar-refractivity contribution in [1.29, 1.82) is 0 Å². The van der Waals surface area contributed by atoms with Gasteiger partial charge in [0.1, 0.15) is 5.75 Å². The molecule has 2 aliphatic rings. The van der Waals surface area contributed by atoms with E-state index in [-0.39, 0.29) is 24.2 Å². The average molecular weight is 553 g/mol. The number of carbonyl (C=O) groups is 4. The maximum atomic E-state index is 14.2. The van der Waals surface area contributed by atoms with Crippen LogP contribution >= 0.6 is 0 Å². The van der Waals surface area contributed by atoms with Crippen molar-refractivity contribution < 1.29 is 23.9 Å². The lowest BCUT2D eigenvalue weighted by molar-refractivity contribution is 0.0577. The van der Waals surface area contributed by atoms with E-state index < -0.39 is 23.6 Å². The molecule has 5 aromatic rings. The fraction of sp³-hybridized carbons (Fsp3) is 0.0857. The number of hydrogen-bond acceptors (Lipinski definition) is 5. The van der Waals surface area contributed by atoms with Gasteiger partial charge < -0.3 is 4.74 Å². The molecule has 2 heterocycles. The second kappa shape index (κ2) is 9.82. The molecule has 0 spiro atoms. The van der Waals surface area contributed by atoms with E-state index >= 15 is 0 Å². The molecule has 5 aromatic carbocycles. The summed E-state index contributed by atoms with van der Waals surface area (Å²) in [7, 11) is 1.57. The van der Waals surface area contributed by atoms with Gasteiger partial charge in [-0.25, -0.2) is 0 Å². The summed E-state index contributed by atoms with van der Waals surface area (Å²) in [6.07, 6.45) is 0. The van der Waals surface area contributed by atoms with Crippen molar-refractivity contribution in [2.75, 3.05) is 7.11 Å². The highest BCUT2D eigenvalue weighted by atomic mass is 16.5. The molecule has 42 heavy (non-hydrogen) atoms. The summed E-state index contributed by atoms with van der Waals surface area (Å²) in [4.78, 5) is 58.3. The monoisotopic (exact) mass is 552 g/mol. The van der Waals surface area contributed by atoms with Gasteiger partial charge in [0.2, 0.25) is 0 Å². The Kier molecular flexibility index (Phi) is 5.94. The van der Waals surface area contributed by atoms with Gasteiger partial charge >= 0.3 is 0 Å². The van der Waals surface area contributed by atoms with Gasteiger partial charge in [0, 0.05) is 27.5 Å². The highest BCUT2D eigenvalue weighted by Crippen LogP contribution is 2.43. The summed E-state index contributed by atoms with van der Waals surface area (Å²) in [6.45, 7) is 0.192. The molecule has 0 unspecified atom stereocenters. The first-order valence-electron chi connectivity index (χ1n) is 13.5. The number of carbonyl (C=O) groups excluding carboxylic acids is 4. The third kappa shape index (κ3) is 3.89. The minimum Gasteiger partial charge on any atom is -0.497 e. The molecule has 2 aliphatic heterocycles. The van der Waals surface area contributed by atoms with Crippen molar-refractivity contribution in [3.05, 3.63) is 137 Å². The van der Waals surface area contributed by atoms with Gasteiger partial charge in [-0.15, -0.1) is 0 Å². The minimum atomic E-state index is -0.475. The van der Waals surface area contributed by atoms with Crippen molar-refractivity contribution in [3.8, 4) is 16.9 Å². The lowest BCUT2D eigenvalue weighted by Crippen LogP contribution is -2.43. The van der Waals surface area contributed by atoms with Crippen LogP contribution in [0.1, 0.15) is 52.6 Å². The fourth-order valence-corrected chi connectivity index (χ4v) is 5.89. The van der Waals surface area contributed by atoms with Gasteiger partial charge in [0.25, 0.3) is 23.6 Å². The van der Waals surface area contributed by atoms with Gasteiger partial charge in [-0.3, -0.25) is 29.0 Å². The molecule has 0 saturated carbocycles. The number of methoxy groups -OCH3 is 1. The Hall–Kier alpha value is -5.56. The van der Waals surface area contributed by atoms with Crippen molar-refractivity contribution in [2.24, 2.45) is 0 Å². The van der Waals surface area contributed by atoms with Crippen LogP contribution < -0.4 is 4.74 Å². The van der Waals surface area contributed by atoms with E-state index in [2.05, 4.69) is 0 Å². The van der Waals surface area contributed by atoms with Gasteiger partial charge in [0.15, 0.2) is 0 Å². The summed E-state index contributed by atoms with van der Waals surface area (Å²) in [6, 6.07) is 30.7. The Morgan fingerprint density at radius 3 is 1.57 bits per heavy atom. The van der Waals surface area contributed by atoms with E-state index in [4.69, 9.17) is 4.74 Å². The minimum absolute atomic E-state index is 0.0910. The third-order valence-corrected chi connectivity index (χ3v) is 7.94. The lowest BCUT2D eigenvalue weighted by Gasteiger charge is -2.33.